The maximum atomic E-state index is 13.7. The van der Waals surface area contributed by atoms with Crippen LogP contribution in [0.5, 0.6) is 5.75 Å². The van der Waals surface area contributed by atoms with Gasteiger partial charge in [-0.15, -0.1) is 0 Å². The van der Waals surface area contributed by atoms with Crippen molar-refractivity contribution >= 4 is 29.6 Å². The van der Waals surface area contributed by atoms with Crippen molar-refractivity contribution in [2.24, 2.45) is 5.92 Å². The van der Waals surface area contributed by atoms with Crippen molar-refractivity contribution in [1.29, 1.82) is 0 Å². The summed E-state index contributed by atoms with van der Waals surface area (Å²) in [7, 11) is 1.58. The van der Waals surface area contributed by atoms with E-state index in [0.29, 0.717) is 36.7 Å². The van der Waals surface area contributed by atoms with E-state index in [9.17, 15) is 19.2 Å². The zero-order chi connectivity index (χ0) is 29.6. The van der Waals surface area contributed by atoms with Crippen LogP contribution in [-0.4, -0.2) is 61.5 Å². The van der Waals surface area contributed by atoms with Crippen molar-refractivity contribution < 1.29 is 28.7 Å². The second-order valence-corrected chi connectivity index (χ2v) is 11.5. The lowest BCUT2D eigenvalue weighted by Crippen LogP contribution is -2.56. The minimum Gasteiger partial charge on any atom is -0.497 e. The van der Waals surface area contributed by atoms with Crippen LogP contribution in [-0.2, 0) is 36.8 Å². The lowest BCUT2D eigenvalue weighted by molar-refractivity contribution is -0.133. The Morgan fingerprint density at radius 3 is 2.29 bits per heavy atom. The molecule has 0 bridgehead atoms. The predicted molar refractivity (Wildman–Crippen MR) is 158 cm³/mol. The summed E-state index contributed by atoms with van der Waals surface area (Å²) >= 11 is 0. The normalized spacial score (nSPS) is 19.6. The smallest absolute Gasteiger partial charge is 0.248 e. The standard InChI is InChI=1S/C33H39N3O6/c1-20(34-32(39)25-17-23-9-5-6-10-24(23)18-25)31(38)36-28(16-22-11-13-26(41-2)14-12-22)33(40)35-27(30(37)29-19-42-29)15-21-7-3-4-8-21/h5-6,9-14,17,20-21,27-29H,3-4,7-8,15-16,18-19H2,1-2H3,(H,34,39)(H,35,40)(H,36,38)/t20-,27+,28+,29-/m1/s1. The summed E-state index contributed by atoms with van der Waals surface area (Å²) in [6.07, 6.45) is 6.96. The van der Waals surface area contributed by atoms with E-state index in [1.807, 2.05) is 42.5 Å². The van der Waals surface area contributed by atoms with Gasteiger partial charge in [0.25, 0.3) is 0 Å². The molecule has 1 saturated carbocycles. The van der Waals surface area contributed by atoms with Crippen LogP contribution in [0.2, 0.25) is 0 Å². The van der Waals surface area contributed by atoms with Gasteiger partial charge < -0.3 is 25.4 Å². The Labute approximate surface area is 246 Å². The van der Waals surface area contributed by atoms with Gasteiger partial charge in [-0.25, -0.2) is 0 Å². The average molecular weight is 574 g/mol. The van der Waals surface area contributed by atoms with Crippen molar-refractivity contribution in [3.63, 3.8) is 0 Å². The lowest BCUT2D eigenvalue weighted by atomic mass is 9.94. The number of ether oxygens (including phenoxy) is 2. The van der Waals surface area contributed by atoms with Crippen molar-refractivity contribution in [3.8, 4) is 5.75 Å². The third-order valence-corrected chi connectivity index (χ3v) is 8.38. The molecular weight excluding hydrogens is 534 g/mol. The molecule has 0 unspecified atom stereocenters. The molecule has 1 aliphatic heterocycles. The van der Waals surface area contributed by atoms with E-state index in [0.717, 1.165) is 42.4 Å². The molecular formula is C33H39N3O6. The van der Waals surface area contributed by atoms with Crippen molar-refractivity contribution in [2.45, 2.75) is 76.1 Å². The van der Waals surface area contributed by atoms with E-state index in [1.165, 1.54) is 0 Å². The molecule has 3 amide bonds. The van der Waals surface area contributed by atoms with Crippen LogP contribution in [0.3, 0.4) is 0 Å². The van der Waals surface area contributed by atoms with Crippen LogP contribution in [0, 0.1) is 5.92 Å². The Balaban J connectivity index is 1.26. The number of carbonyl (C=O) groups excluding carboxylic acids is 4. The summed E-state index contributed by atoms with van der Waals surface area (Å²) in [4.78, 5) is 53.0. The van der Waals surface area contributed by atoms with Crippen LogP contribution in [0.1, 0.15) is 55.7 Å². The zero-order valence-corrected chi connectivity index (χ0v) is 24.2. The summed E-state index contributed by atoms with van der Waals surface area (Å²) in [6.45, 7) is 1.97. The maximum absolute atomic E-state index is 13.7. The highest BCUT2D eigenvalue weighted by molar-refractivity contribution is 6.03. The number of methoxy groups -OCH3 is 1. The Bertz CT molecular complexity index is 1340. The van der Waals surface area contributed by atoms with Gasteiger partial charge in [-0.2, -0.15) is 0 Å². The lowest BCUT2D eigenvalue weighted by Gasteiger charge is -2.25. The van der Waals surface area contributed by atoms with E-state index < -0.39 is 36.0 Å². The number of hydrogen-bond acceptors (Lipinski definition) is 6. The molecule has 9 nitrogen and oxygen atoms in total. The number of Topliss-reactive ketones (excluding diaryl/α,β-unsaturated/α-hetero) is 1. The summed E-state index contributed by atoms with van der Waals surface area (Å²) in [5, 5.41) is 8.55. The van der Waals surface area contributed by atoms with Gasteiger partial charge in [-0.3, -0.25) is 19.2 Å². The molecule has 222 valence electrons. The van der Waals surface area contributed by atoms with Crippen LogP contribution in [0.25, 0.3) is 6.08 Å². The largest absolute Gasteiger partial charge is 0.497 e. The molecule has 42 heavy (non-hydrogen) atoms. The number of benzene rings is 2. The SMILES string of the molecule is COc1ccc(C[C@H](NC(=O)[C@@H](C)NC(=O)C2=Cc3ccccc3C2)C(=O)N[C@@H](CC2CCCC2)C(=O)[C@H]2CO2)cc1. The van der Waals surface area contributed by atoms with Gasteiger partial charge in [0.15, 0.2) is 5.78 Å². The van der Waals surface area contributed by atoms with E-state index in [4.69, 9.17) is 9.47 Å². The number of hydrogen-bond donors (Lipinski definition) is 3. The van der Waals surface area contributed by atoms with Crippen molar-refractivity contribution in [2.75, 3.05) is 13.7 Å². The van der Waals surface area contributed by atoms with E-state index in [-0.39, 0.29) is 18.1 Å². The van der Waals surface area contributed by atoms with Crippen molar-refractivity contribution in [1.82, 2.24) is 16.0 Å². The van der Waals surface area contributed by atoms with Gasteiger partial charge in [0.05, 0.1) is 19.8 Å². The maximum Gasteiger partial charge on any atom is 0.248 e. The monoisotopic (exact) mass is 573 g/mol. The van der Waals surface area contributed by atoms with Gasteiger partial charge in [0.1, 0.15) is 23.9 Å². The minimum absolute atomic E-state index is 0.115. The predicted octanol–water partition coefficient (Wildman–Crippen LogP) is 2.90. The molecule has 1 saturated heterocycles. The quantitative estimate of drug-likeness (QED) is 0.317. The first-order valence-corrected chi connectivity index (χ1v) is 14.8. The molecule has 2 aliphatic carbocycles. The van der Waals surface area contributed by atoms with E-state index in [1.54, 1.807) is 26.2 Å². The fraction of sp³-hybridized carbons (Fsp3) is 0.455. The number of carbonyl (C=O) groups is 4. The fourth-order valence-corrected chi connectivity index (χ4v) is 5.82. The molecule has 3 aliphatic rings. The zero-order valence-electron chi connectivity index (χ0n) is 24.2. The van der Waals surface area contributed by atoms with Gasteiger partial charge >= 0.3 is 0 Å². The third kappa shape index (κ3) is 7.45. The number of rotatable bonds is 13. The molecule has 3 N–H and O–H groups in total. The van der Waals surface area contributed by atoms with Gasteiger partial charge in [0.2, 0.25) is 17.7 Å². The second kappa shape index (κ2) is 13.3. The Morgan fingerprint density at radius 2 is 1.62 bits per heavy atom. The van der Waals surface area contributed by atoms with Gasteiger partial charge in [0, 0.05) is 18.4 Å². The first-order valence-electron chi connectivity index (χ1n) is 14.8. The second-order valence-electron chi connectivity index (χ2n) is 11.5. The van der Waals surface area contributed by atoms with Gasteiger partial charge in [-0.05, 0) is 54.2 Å². The highest BCUT2D eigenvalue weighted by Gasteiger charge is 2.39. The van der Waals surface area contributed by atoms with E-state index in [2.05, 4.69) is 16.0 Å². The molecule has 2 fully saturated rings. The van der Waals surface area contributed by atoms with Crippen LogP contribution in [0.4, 0.5) is 0 Å². The van der Waals surface area contributed by atoms with Crippen LogP contribution in [0.15, 0.2) is 54.1 Å². The highest BCUT2D eigenvalue weighted by Crippen LogP contribution is 2.30. The van der Waals surface area contributed by atoms with Crippen molar-refractivity contribution in [3.05, 3.63) is 70.8 Å². The number of fused-ring (bicyclic) bond motifs is 1. The van der Waals surface area contributed by atoms with E-state index >= 15 is 0 Å². The number of amides is 3. The van der Waals surface area contributed by atoms with Gasteiger partial charge in [-0.1, -0.05) is 62.1 Å². The number of epoxide rings is 1. The molecule has 0 radical (unpaired) electrons. The molecule has 2 aromatic rings. The Kier molecular flexibility index (Phi) is 9.37. The first kappa shape index (κ1) is 29.5. The highest BCUT2D eigenvalue weighted by atomic mass is 16.6. The first-order chi connectivity index (χ1) is 20.3. The number of nitrogens with one attached hydrogen (secondary N) is 3. The minimum atomic E-state index is -0.959. The average Bonchev–Trinajstić information content (AvgIpc) is 3.54. The molecule has 4 atom stereocenters. The van der Waals surface area contributed by atoms with Crippen LogP contribution < -0.4 is 20.7 Å². The summed E-state index contributed by atoms with van der Waals surface area (Å²) < 4.78 is 10.5. The third-order valence-electron chi connectivity index (χ3n) is 8.38. The summed E-state index contributed by atoms with van der Waals surface area (Å²) in [6, 6.07) is 12.5. The van der Waals surface area contributed by atoms with Crippen LogP contribution >= 0.6 is 0 Å². The summed E-state index contributed by atoms with van der Waals surface area (Å²) in [5.41, 5.74) is 3.45. The molecule has 2 aromatic carbocycles. The molecule has 9 heteroatoms. The Hall–Kier alpha value is -3.98. The molecule has 0 aromatic heterocycles. The summed E-state index contributed by atoms with van der Waals surface area (Å²) in [5.74, 6) is -0.317. The molecule has 5 rings (SSSR count). The topological polar surface area (TPSA) is 126 Å². The molecule has 0 spiro atoms. The fourth-order valence-electron chi connectivity index (χ4n) is 5.82. The number of ketones is 1. The molecule has 1 heterocycles. The Morgan fingerprint density at radius 1 is 0.929 bits per heavy atom.